The fourth-order valence-electron chi connectivity index (χ4n) is 5.15. The van der Waals surface area contributed by atoms with E-state index in [0.717, 1.165) is 24.0 Å². The van der Waals surface area contributed by atoms with Crippen LogP contribution in [-0.4, -0.2) is 35.1 Å². The van der Waals surface area contributed by atoms with Crippen molar-refractivity contribution < 1.29 is 0 Å². The molecule has 35 heavy (non-hydrogen) atoms. The number of hydrogen-bond donors (Lipinski definition) is 0. The summed E-state index contributed by atoms with van der Waals surface area (Å²) in [6.07, 6.45) is 2.32. The number of aryl methyl sites for hydroxylation is 2. The van der Waals surface area contributed by atoms with Gasteiger partial charge in [-0.25, -0.2) is 4.99 Å². The Labute approximate surface area is 212 Å². The second-order valence-electron chi connectivity index (χ2n) is 9.69. The SMILES string of the molecule is Cc1ccc(/C=C2\CN(C)CC3=C2N=C2SC=C(c4ccccc4)N2[C@@H]3c2ccc(C)cc2)cc1. The van der Waals surface area contributed by atoms with Gasteiger partial charge in [-0.1, -0.05) is 102 Å². The van der Waals surface area contributed by atoms with Crippen molar-refractivity contribution in [3.8, 4) is 0 Å². The minimum absolute atomic E-state index is 0.115. The van der Waals surface area contributed by atoms with E-state index in [1.807, 2.05) is 0 Å². The van der Waals surface area contributed by atoms with E-state index in [-0.39, 0.29) is 6.04 Å². The fourth-order valence-corrected chi connectivity index (χ4v) is 6.08. The molecule has 4 heteroatoms. The number of amidine groups is 1. The molecule has 3 nitrogen and oxygen atoms in total. The number of thioether (sulfide) groups is 1. The molecule has 174 valence electrons. The van der Waals surface area contributed by atoms with Crippen molar-refractivity contribution in [1.29, 1.82) is 0 Å². The van der Waals surface area contributed by atoms with Crippen LogP contribution < -0.4 is 0 Å². The van der Waals surface area contributed by atoms with Crippen LogP contribution in [0.1, 0.15) is 33.9 Å². The number of benzene rings is 3. The van der Waals surface area contributed by atoms with Gasteiger partial charge in [-0.15, -0.1) is 0 Å². The van der Waals surface area contributed by atoms with Crippen LogP contribution in [0.2, 0.25) is 0 Å². The van der Waals surface area contributed by atoms with Crippen LogP contribution in [0.25, 0.3) is 11.8 Å². The third-order valence-corrected chi connectivity index (χ3v) is 7.75. The number of fused-ring (bicyclic) bond motifs is 1. The second kappa shape index (κ2) is 9.03. The average Bonchev–Trinajstić information content (AvgIpc) is 3.29. The van der Waals surface area contributed by atoms with Gasteiger partial charge in [0.2, 0.25) is 0 Å². The molecule has 0 aromatic heterocycles. The third-order valence-electron chi connectivity index (χ3n) is 6.91. The molecule has 0 aliphatic carbocycles. The van der Waals surface area contributed by atoms with Gasteiger partial charge in [-0.2, -0.15) is 0 Å². The largest absolute Gasteiger partial charge is 0.308 e. The smallest absolute Gasteiger partial charge is 0.174 e. The molecule has 3 heterocycles. The van der Waals surface area contributed by atoms with Gasteiger partial charge in [0.05, 0.1) is 17.4 Å². The molecule has 0 saturated carbocycles. The van der Waals surface area contributed by atoms with E-state index in [0.29, 0.717) is 0 Å². The van der Waals surface area contributed by atoms with Crippen LogP contribution in [-0.2, 0) is 0 Å². The Morgan fingerprint density at radius 1 is 0.857 bits per heavy atom. The molecule has 0 unspecified atom stereocenters. The number of aliphatic imine (C=N–C) groups is 1. The first kappa shape index (κ1) is 22.1. The Morgan fingerprint density at radius 3 is 2.26 bits per heavy atom. The molecule has 0 radical (unpaired) electrons. The highest BCUT2D eigenvalue weighted by molar-refractivity contribution is 8.16. The monoisotopic (exact) mass is 475 g/mol. The Kier molecular flexibility index (Phi) is 5.71. The quantitative estimate of drug-likeness (QED) is 0.405. The molecule has 0 spiro atoms. The first-order valence-electron chi connectivity index (χ1n) is 12.1. The van der Waals surface area contributed by atoms with Crippen LogP contribution >= 0.6 is 11.8 Å². The molecular formula is C31H29N3S. The molecule has 3 aliphatic rings. The summed E-state index contributed by atoms with van der Waals surface area (Å²) >= 11 is 1.74. The predicted octanol–water partition coefficient (Wildman–Crippen LogP) is 7.04. The van der Waals surface area contributed by atoms with Gasteiger partial charge in [-0.05, 0) is 54.8 Å². The minimum atomic E-state index is 0.115. The van der Waals surface area contributed by atoms with Crippen LogP contribution in [0.4, 0.5) is 0 Å². The molecule has 6 rings (SSSR count). The van der Waals surface area contributed by atoms with Crippen LogP contribution in [0.3, 0.4) is 0 Å². The van der Waals surface area contributed by atoms with Crippen LogP contribution in [0.5, 0.6) is 0 Å². The standard InChI is InChI=1S/C31H29N3S/c1-21-9-13-23(14-10-21)17-26-18-33(3)19-27-29(26)32-31-34(30(27)25-15-11-22(2)12-16-25)28(20-35-31)24-7-5-4-6-8-24/h4-17,20,30H,18-19H2,1-3H3/b26-17+/t30-/m1/s1. The van der Waals surface area contributed by atoms with Crippen molar-refractivity contribution in [3.63, 3.8) is 0 Å². The lowest BCUT2D eigenvalue weighted by atomic mass is 9.87. The molecule has 0 saturated heterocycles. The first-order valence-corrected chi connectivity index (χ1v) is 13.0. The molecular weight excluding hydrogens is 446 g/mol. The lowest BCUT2D eigenvalue weighted by Gasteiger charge is -2.42. The molecule has 1 atom stereocenters. The molecule has 3 aliphatic heterocycles. The van der Waals surface area contributed by atoms with Crippen molar-refractivity contribution in [1.82, 2.24) is 9.80 Å². The van der Waals surface area contributed by atoms with E-state index in [1.165, 1.54) is 44.7 Å². The molecule has 3 aromatic rings. The number of hydrogen-bond acceptors (Lipinski definition) is 4. The Balaban J connectivity index is 1.51. The van der Waals surface area contributed by atoms with Crippen molar-refractivity contribution in [2.45, 2.75) is 19.9 Å². The van der Waals surface area contributed by atoms with Gasteiger partial charge < -0.3 is 4.90 Å². The average molecular weight is 476 g/mol. The molecule has 3 aromatic carbocycles. The molecule has 0 bridgehead atoms. The molecule has 0 amide bonds. The van der Waals surface area contributed by atoms with Crippen LogP contribution in [0, 0.1) is 13.8 Å². The highest BCUT2D eigenvalue weighted by atomic mass is 32.2. The zero-order valence-corrected chi connectivity index (χ0v) is 21.2. The zero-order valence-electron chi connectivity index (χ0n) is 20.4. The van der Waals surface area contributed by atoms with Gasteiger partial charge in [0.1, 0.15) is 0 Å². The first-order chi connectivity index (χ1) is 17.1. The van der Waals surface area contributed by atoms with Crippen molar-refractivity contribution in [2.75, 3.05) is 20.1 Å². The maximum Gasteiger partial charge on any atom is 0.174 e. The van der Waals surface area contributed by atoms with E-state index in [1.54, 1.807) is 11.8 Å². The van der Waals surface area contributed by atoms with Gasteiger partial charge >= 0.3 is 0 Å². The number of rotatable bonds is 3. The van der Waals surface area contributed by atoms with Crippen molar-refractivity contribution >= 4 is 28.7 Å². The van der Waals surface area contributed by atoms with Gasteiger partial charge in [0, 0.05) is 18.5 Å². The summed E-state index contributed by atoms with van der Waals surface area (Å²) < 4.78 is 0. The van der Waals surface area contributed by atoms with Gasteiger partial charge in [0.25, 0.3) is 0 Å². The Morgan fingerprint density at radius 2 is 1.54 bits per heavy atom. The van der Waals surface area contributed by atoms with Crippen LogP contribution in [0.15, 0.2) is 106 Å². The van der Waals surface area contributed by atoms with E-state index in [2.05, 4.69) is 121 Å². The summed E-state index contributed by atoms with van der Waals surface area (Å²) in [4.78, 5) is 10.2. The summed E-state index contributed by atoms with van der Waals surface area (Å²) in [5.74, 6) is 0. The summed E-state index contributed by atoms with van der Waals surface area (Å²) in [6, 6.07) is 28.6. The second-order valence-corrected chi connectivity index (χ2v) is 10.5. The zero-order chi connectivity index (χ0) is 23.9. The Hall–Kier alpha value is -3.34. The third kappa shape index (κ3) is 4.18. The van der Waals surface area contributed by atoms with E-state index in [4.69, 9.17) is 4.99 Å². The maximum atomic E-state index is 5.30. The Bertz CT molecular complexity index is 1380. The van der Waals surface area contributed by atoms with Gasteiger partial charge in [-0.3, -0.25) is 4.90 Å². The normalized spacial score (nSPS) is 21.1. The number of likely N-dealkylation sites (N-methyl/N-ethyl adjacent to an activating group) is 1. The highest BCUT2D eigenvalue weighted by Crippen LogP contribution is 2.49. The summed E-state index contributed by atoms with van der Waals surface area (Å²) in [6.45, 7) is 6.08. The van der Waals surface area contributed by atoms with E-state index >= 15 is 0 Å². The molecule has 0 fully saturated rings. The summed E-state index contributed by atoms with van der Waals surface area (Å²) in [5.41, 5.74) is 11.4. The number of nitrogens with zero attached hydrogens (tertiary/aromatic N) is 3. The molecule has 0 N–H and O–H groups in total. The minimum Gasteiger partial charge on any atom is -0.308 e. The van der Waals surface area contributed by atoms with Crippen molar-refractivity contribution in [2.24, 2.45) is 4.99 Å². The lowest BCUT2D eigenvalue weighted by Crippen LogP contribution is -2.40. The van der Waals surface area contributed by atoms with Gasteiger partial charge in [0.15, 0.2) is 5.17 Å². The van der Waals surface area contributed by atoms with E-state index < -0.39 is 0 Å². The highest BCUT2D eigenvalue weighted by Gasteiger charge is 2.41. The summed E-state index contributed by atoms with van der Waals surface area (Å²) in [7, 11) is 2.21. The lowest BCUT2D eigenvalue weighted by molar-refractivity contribution is 0.344. The summed E-state index contributed by atoms with van der Waals surface area (Å²) in [5, 5.41) is 3.33. The van der Waals surface area contributed by atoms with E-state index in [9.17, 15) is 0 Å². The van der Waals surface area contributed by atoms with Crippen molar-refractivity contribution in [3.05, 3.63) is 129 Å². The maximum absolute atomic E-state index is 5.30. The fraction of sp³-hybridized carbons (Fsp3) is 0.194. The predicted molar refractivity (Wildman–Crippen MR) is 149 cm³/mol. The topological polar surface area (TPSA) is 18.8 Å².